The molecule has 14 heteroatoms. The van der Waals surface area contributed by atoms with Crippen LogP contribution in [0.3, 0.4) is 0 Å². The Kier molecular flexibility index (Phi) is 9.46. The van der Waals surface area contributed by atoms with Crippen molar-refractivity contribution < 1.29 is 37.5 Å². The number of alkyl halides is 3. The Morgan fingerprint density at radius 1 is 0.947 bits per heavy atom. The summed E-state index contributed by atoms with van der Waals surface area (Å²) in [5, 5.41) is 15.4. The second-order valence-electron chi connectivity index (χ2n) is 7.67. The van der Waals surface area contributed by atoms with Gasteiger partial charge in [-0.05, 0) is 55.0 Å². The minimum Gasteiger partial charge on any atom is -0.457 e. The molecule has 10 nitrogen and oxygen atoms in total. The summed E-state index contributed by atoms with van der Waals surface area (Å²) in [5.41, 5.74) is 0.766. The van der Waals surface area contributed by atoms with E-state index in [4.69, 9.17) is 21.5 Å². The molecule has 0 aliphatic rings. The van der Waals surface area contributed by atoms with E-state index in [9.17, 15) is 27.6 Å². The highest BCUT2D eigenvalue weighted by Gasteiger charge is 2.33. The Hall–Kier alpha value is -4.36. The van der Waals surface area contributed by atoms with Gasteiger partial charge in [0.2, 0.25) is 5.91 Å². The second kappa shape index (κ2) is 12.7. The van der Waals surface area contributed by atoms with Gasteiger partial charge in [-0.15, -0.1) is 0 Å². The maximum Gasteiger partial charge on any atom is 0.417 e. The van der Waals surface area contributed by atoms with E-state index in [0.717, 1.165) is 12.1 Å². The molecule has 0 spiro atoms. The number of nitrogens with one attached hydrogen (secondary N) is 4. The molecule has 0 aliphatic carbocycles. The maximum absolute atomic E-state index is 13.0. The molecular weight excluding hydrogens is 531 g/mol. The quantitative estimate of drug-likeness (QED) is 0.140. The number of benzene rings is 2. The summed E-state index contributed by atoms with van der Waals surface area (Å²) in [6.07, 6.45) is -2.92. The Morgan fingerprint density at radius 3 is 2.32 bits per heavy atom. The van der Waals surface area contributed by atoms with Crippen molar-refractivity contribution >= 4 is 40.8 Å². The number of amides is 4. The number of hydroxylamine groups is 1. The van der Waals surface area contributed by atoms with Crippen LogP contribution in [0.2, 0.25) is 5.02 Å². The first-order valence-corrected chi connectivity index (χ1v) is 11.3. The highest BCUT2D eigenvalue weighted by molar-refractivity contribution is 6.31. The number of aromatic nitrogens is 1. The van der Waals surface area contributed by atoms with Crippen LogP contribution in [-0.2, 0) is 11.0 Å². The molecule has 200 valence electrons. The Morgan fingerprint density at radius 2 is 1.63 bits per heavy atom. The van der Waals surface area contributed by atoms with Crippen LogP contribution in [0, 0.1) is 0 Å². The summed E-state index contributed by atoms with van der Waals surface area (Å²) in [7, 11) is 0. The summed E-state index contributed by atoms with van der Waals surface area (Å²) in [5.74, 6) is -0.355. The van der Waals surface area contributed by atoms with Crippen molar-refractivity contribution in [3.05, 3.63) is 77.1 Å². The summed E-state index contributed by atoms with van der Waals surface area (Å²) < 4.78 is 44.7. The number of rotatable bonds is 9. The summed E-state index contributed by atoms with van der Waals surface area (Å²) in [6.45, 7) is 0.197. The van der Waals surface area contributed by atoms with Crippen LogP contribution in [0.4, 0.5) is 29.3 Å². The van der Waals surface area contributed by atoms with Gasteiger partial charge in [0.15, 0.2) is 0 Å². The topological polar surface area (TPSA) is 142 Å². The number of hydrogen-bond donors (Lipinski definition) is 5. The molecular formula is C24H21ClF3N5O5. The zero-order valence-electron chi connectivity index (χ0n) is 19.4. The van der Waals surface area contributed by atoms with Gasteiger partial charge in [-0.2, -0.15) is 13.2 Å². The van der Waals surface area contributed by atoms with Crippen LogP contribution in [0.15, 0.2) is 60.8 Å². The molecule has 0 unspecified atom stereocenters. The molecule has 3 rings (SSSR count). The number of pyridine rings is 1. The van der Waals surface area contributed by atoms with E-state index in [-0.39, 0.29) is 24.3 Å². The lowest BCUT2D eigenvalue weighted by atomic mass is 10.2. The van der Waals surface area contributed by atoms with E-state index >= 15 is 0 Å². The molecule has 0 aliphatic heterocycles. The lowest BCUT2D eigenvalue weighted by Gasteiger charge is -2.12. The van der Waals surface area contributed by atoms with Crippen LogP contribution in [-0.4, -0.2) is 34.6 Å². The minimum absolute atomic E-state index is 0.0417. The van der Waals surface area contributed by atoms with Crippen LogP contribution >= 0.6 is 11.6 Å². The molecule has 1 heterocycles. The van der Waals surface area contributed by atoms with E-state index in [0.29, 0.717) is 23.6 Å². The number of ether oxygens (including phenoxy) is 1. The first-order valence-electron chi connectivity index (χ1n) is 10.9. The molecule has 0 saturated heterocycles. The normalized spacial score (nSPS) is 10.9. The van der Waals surface area contributed by atoms with Gasteiger partial charge in [-0.3, -0.25) is 19.8 Å². The largest absolute Gasteiger partial charge is 0.457 e. The fourth-order valence-corrected chi connectivity index (χ4v) is 3.28. The molecule has 4 amide bonds. The molecule has 5 N–H and O–H groups in total. The van der Waals surface area contributed by atoms with Crippen LogP contribution < -0.4 is 26.2 Å². The van der Waals surface area contributed by atoms with Crippen molar-refractivity contribution in [2.45, 2.75) is 19.0 Å². The molecule has 0 fully saturated rings. The third-order valence-corrected chi connectivity index (χ3v) is 5.16. The minimum atomic E-state index is -4.67. The van der Waals surface area contributed by atoms with Crippen LogP contribution in [0.25, 0.3) is 0 Å². The van der Waals surface area contributed by atoms with E-state index in [1.54, 1.807) is 0 Å². The molecule has 2 aromatic carbocycles. The number of carbonyl (C=O) groups excluding carboxylic acids is 3. The predicted octanol–water partition coefficient (Wildman–Crippen LogP) is 5.21. The van der Waals surface area contributed by atoms with Crippen LogP contribution in [0.5, 0.6) is 11.5 Å². The fourth-order valence-electron chi connectivity index (χ4n) is 3.05. The lowest BCUT2D eigenvalue weighted by molar-refractivity contribution is -0.137. The van der Waals surface area contributed by atoms with Crippen molar-refractivity contribution in [3.63, 3.8) is 0 Å². The number of hydrogen-bond acceptors (Lipinski definition) is 6. The van der Waals surface area contributed by atoms with Gasteiger partial charge in [0, 0.05) is 36.6 Å². The van der Waals surface area contributed by atoms with Gasteiger partial charge in [-0.25, -0.2) is 10.3 Å². The van der Waals surface area contributed by atoms with Gasteiger partial charge < -0.3 is 20.7 Å². The zero-order chi connectivity index (χ0) is 27.7. The van der Waals surface area contributed by atoms with E-state index < -0.39 is 34.6 Å². The van der Waals surface area contributed by atoms with Crippen LogP contribution in [0.1, 0.15) is 28.9 Å². The average molecular weight is 552 g/mol. The summed E-state index contributed by atoms with van der Waals surface area (Å²) in [6, 6.07) is 11.3. The standard InChI is InChI=1S/C24H21ClF3N5O5/c25-19-8-5-15(12-18(19)24(26,27)28)32-23(36)31-14-3-6-16(7-4-14)38-17-9-11-29-20(13-17)22(35)30-10-1-2-21(34)33-37/h3-9,11-13,37H,1-2,10H2,(H,30,35)(H,33,34)(H2,31,32,36). The monoisotopic (exact) mass is 551 g/mol. The van der Waals surface area contributed by atoms with Crippen molar-refractivity contribution in [3.8, 4) is 11.5 Å². The molecule has 38 heavy (non-hydrogen) atoms. The van der Waals surface area contributed by atoms with Gasteiger partial charge >= 0.3 is 12.2 Å². The first kappa shape index (κ1) is 28.2. The molecule has 0 atom stereocenters. The van der Waals surface area contributed by atoms with E-state index in [1.165, 1.54) is 54.1 Å². The van der Waals surface area contributed by atoms with Gasteiger partial charge in [-0.1, -0.05) is 11.6 Å². The zero-order valence-corrected chi connectivity index (χ0v) is 20.2. The molecule has 0 radical (unpaired) electrons. The number of anilines is 2. The summed E-state index contributed by atoms with van der Waals surface area (Å²) in [4.78, 5) is 39.4. The third-order valence-electron chi connectivity index (χ3n) is 4.83. The Balaban J connectivity index is 1.54. The van der Waals surface area contributed by atoms with Crippen molar-refractivity contribution in [1.82, 2.24) is 15.8 Å². The van der Waals surface area contributed by atoms with Gasteiger partial charge in [0.1, 0.15) is 17.2 Å². The highest BCUT2D eigenvalue weighted by atomic mass is 35.5. The van der Waals surface area contributed by atoms with Gasteiger partial charge in [0.25, 0.3) is 5.91 Å². The molecule has 3 aromatic rings. The lowest BCUT2D eigenvalue weighted by Crippen LogP contribution is -2.27. The first-order chi connectivity index (χ1) is 18.0. The molecule has 0 bridgehead atoms. The fraction of sp³-hybridized carbons (Fsp3) is 0.167. The number of urea groups is 1. The molecule has 0 saturated carbocycles. The smallest absolute Gasteiger partial charge is 0.417 e. The highest BCUT2D eigenvalue weighted by Crippen LogP contribution is 2.36. The average Bonchev–Trinajstić information content (AvgIpc) is 2.88. The second-order valence-corrected chi connectivity index (χ2v) is 8.08. The number of carbonyl (C=O) groups is 3. The third kappa shape index (κ3) is 8.35. The van der Waals surface area contributed by atoms with E-state index in [2.05, 4.69) is 20.9 Å². The van der Waals surface area contributed by atoms with Crippen molar-refractivity contribution in [2.75, 3.05) is 17.2 Å². The van der Waals surface area contributed by atoms with Gasteiger partial charge in [0.05, 0.1) is 10.6 Å². The maximum atomic E-state index is 13.0. The van der Waals surface area contributed by atoms with E-state index in [1.807, 2.05) is 0 Å². The number of halogens is 4. The SMILES string of the molecule is O=C(CCCNC(=O)c1cc(Oc2ccc(NC(=O)Nc3ccc(Cl)c(C(F)(F)F)c3)cc2)ccn1)NO. The predicted molar refractivity (Wildman–Crippen MR) is 131 cm³/mol. The number of nitrogens with zero attached hydrogens (tertiary/aromatic N) is 1. The van der Waals surface area contributed by atoms with Crippen molar-refractivity contribution in [1.29, 1.82) is 0 Å². The Bertz CT molecular complexity index is 1310. The Labute approximate surface area is 219 Å². The van der Waals surface area contributed by atoms with Crippen molar-refractivity contribution in [2.24, 2.45) is 0 Å². The summed E-state index contributed by atoms with van der Waals surface area (Å²) >= 11 is 5.58. The molecule has 1 aromatic heterocycles.